The van der Waals surface area contributed by atoms with Gasteiger partial charge in [-0.3, -0.25) is 4.79 Å². The fourth-order valence-corrected chi connectivity index (χ4v) is 3.47. The molecule has 0 saturated carbocycles. The number of methoxy groups -OCH3 is 1. The van der Waals surface area contributed by atoms with Crippen molar-refractivity contribution in [3.05, 3.63) is 35.4 Å². The molecule has 5 nitrogen and oxygen atoms in total. The Hall–Kier alpha value is -1.40. The molecule has 0 spiro atoms. The Morgan fingerprint density at radius 2 is 1.71 bits per heavy atom. The summed E-state index contributed by atoms with van der Waals surface area (Å²) in [7, 11) is -0.634. The van der Waals surface area contributed by atoms with Crippen LogP contribution in [0.1, 0.15) is 36.9 Å². The van der Waals surface area contributed by atoms with E-state index in [-0.39, 0.29) is 11.8 Å². The van der Waals surface area contributed by atoms with Gasteiger partial charge in [0, 0.05) is 6.04 Å². The lowest BCUT2D eigenvalue weighted by Gasteiger charge is -2.17. The summed E-state index contributed by atoms with van der Waals surface area (Å²) in [6, 6.07) is 7.49. The molecule has 21 heavy (non-hydrogen) atoms. The molecule has 1 aromatic carbocycles. The molecule has 1 atom stereocenters. The van der Waals surface area contributed by atoms with Crippen molar-refractivity contribution in [2.24, 2.45) is 0 Å². The van der Waals surface area contributed by atoms with Crippen LogP contribution in [-0.4, -0.2) is 40.1 Å². The number of sulfone groups is 1. The van der Waals surface area contributed by atoms with Crippen LogP contribution < -0.4 is 5.32 Å². The second kappa shape index (κ2) is 7.56. The second-order valence-electron chi connectivity index (χ2n) is 5.29. The van der Waals surface area contributed by atoms with E-state index in [9.17, 15) is 13.2 Å². The van der Waals surface area contributed by atoms with Gasteiger partial charge in [0.1, 0.15) is 5.75 Å². The molecule has 0 aromatic heterocycles. The van der Waals surface area contributed by atoms with Gasteiger partial charge in [0.05, 0.1) is 12.9 Å². The number of ether oxygens (including phenoxy) is 1. The third-order valence-corrected chi connectivity index (χ3v) is 4.86. The zero-order valence-electron chi connectivity index (χ0n) is 12.9. The van der Waals surface area contributed by atoms with E-state index in [1.807, 2.05) is 24.3 Å². The minimum absolute atomic E-state index is 0.139. The average Bonchev–Trinajstić information content (AvgIpc) is 2.44. The molecule has 0 saturated heterocycles. The van der Waals surface area contributed by atoms with Crippen molar-refractivity contribution in [2.75, 3.05) is 25.7 Å². The minimum Gasteiger partial charge on any atom is -0.468 e. The molecule has 0 heterocycles. The van der Waals surface area contributed by atoms with Crippen LogP contribution in [0, 0.1) is 0 Å². The molecule has 1 N–H and O–H groups in total. The van der Waals surface area contributed by atoms with Crippen molar-refractivity contribution < 1.29 is 17.9 Å². The number of hydrogen-bond acceptors (Lipinski definition) is 5. The highest BCUT2D eigenvalue weighted by atomic mass is 32.2. The zero-order chi connectivity index (χ0) is 16.0. The van der Waals surface area contributed by atoms with Gasteiger partial charge >= 0.3 is 5.97 Å². The van der Waals surface area contributed by atoms with Gasteiger partial charge in [-0.2, -0.15) is 0 Å². The summed E-state index contributed by atoms with van der Waals surface area (Å²) in [5.74, 6) is -1.04. The molecule has 1 aromatic rings. The van der Waals surface area contributed by atoms with E-state index in [1.165, 1.54) is 12.7 Å². The van der Waals surface area contributed by atoms with Crippen molar-refractivity contribution in [3.63, 3.8) is 0 Å². The lowest BCUT2D eigenvalue weighted by Crippen LogP contribution is -2.29. The maximum absolute atomic E-state index is 12.0. The fourth-order valence-electron chi connectivity index (χ4n) is 2.01. The van der Waals surface area contributed by atoms with Gasteiger partial charge < -0.3 is 10.1 Å². The number of benzene rings is 1. The summed E-state index contributed by atoms with van der Waals surface area (Å²) >= 11 is 0. The maximum atomic E-state index is 12.0. The fraction of sp³-hybridized carbons (Fsp3) is 0.533. The van der Waals surface area contributed by atoms with Crippen LogP contribution in [0.5, 0.6) is 0 Å². The number of carbonyl (C=O) groups is 1. The van der Waals surface area contributed by atoms with E-state index < -0.39 is 21.6 Å². The Kier molecular flexibility index (Phi) is 6.36. The van der Waals surface area contributed by atoms with E-state index in [4.69, 9.17) is 0 Å². The lowest BCUT2D eigenvalue weighted by molar-refractivity contribution is -0.137. The molecule has 0 bridgehead atoms. The van der Waals surface area contributed by atoms with Crippen LogP contribution in [0.25, 0.3) is 0 Å². The van der Waals surface area contributed by atoms with Crippen molar-refractivity contribution in [2.45, 2.75) is 25.8 Å². The van der Waals surface area contributed by atoms with E-state index >= 15 is 0 Å². The highest BCUT2D eigenvalue weighted by Gasteiger charge is 2.23. The summed E-state index contributed by atoms with van der Waals surface area (Å²) in [5, 5.41) is 2.98. The molecule has 0 amide bonds. The van der Waals surface area contributed by atoms with Gasteiger partial charge in [-0.1, -0.05) is 38.1 Å². The van der Waals surface area contributed by atoms with Crippen LogP contribution in [0.15, 0.2) is 24.3 Å². The molecular weight excluding hydrogens is 290 g/mol. The number of carbonyl (C=O) groups excluding carboxylic acids is 1. The van der Waals surface area contributed by atoms with Gasteiger partial charge in [0.15, 0.2) is 9.84 Å². The molecule has 0 fully saturated rings. The predicted octanol–water partition coefficient (Wildman–Crippen LogP) is 1.66. The Morgan fingerprint density at radius 1 is 1.19 bits per heavy atom. The van der Waals surface area contributed by atoms with Crippen LogP contribution in [0.2, 0.25) is 0 Å². The third kappa shape index (κ3) is 5.47. The van der Waals surface area contributed by atoms with Crippen molar-refractivity contribution in [3.8, 4) is 0 Å². The first kappa shape index (κ1) is 17.7. The second-order valence-corrected chi connectivity index (χ2v) is 7.40. The Labute approximate surface area is 126 Å². The van der Waals surface area contributed by atoms with Crippen LogP contribution in [0.4, 0.5) is 0 Å². The number of nitrogens with one attached hydrogen (secondary N) is 1. The number of hydrogen-bond donors (Lipinski definition) is 1. The van der Waals surface area contributed by atoms with Crippen molar-refractivity contribution >= 4 is 15.8 Å². The lowest BCUT2D eigenvalue weighted by atomic mass is 10.00. The van der Waals surface area contributed by atoms with Crippen molar-refractivity contribution in [1.82, 2.24) is 5.32 Å². The Balaban J connectivity index is 2.85. The average molecular weight is 313 g/mol. The third-order valence-electron chi connectivity index (χ3n) is 3.34. The van der Waals surface area contributed by atoms with Crippen molar-refractivity contribution in [1.29, 1.82) is 0 Å². The van der Waals surface area contributed by atoms with E-state index in [0.717, 1.165) is 5.56 Å². The molecule has 118 valence electrons. The van der Waals surface area contributed by atoms with Gasteiger partial charge in [0.2, 0.25) is 0 Å². The highest BCUT2D eigenvalue weighted by Crippen LogP contribution is 2.20. The number of esters is 1. The smallest absolute Gasteiger partial charge is 0.320 e. The topological polar surface area (TPSA) is 72.5 Å². The molecule has 0 aliphatic heterocycles. The zero-order valence-corrected chi connectivity index (χ0v) is 13.7. The van der Waals surface area contributed by atoms with E-state index in [1.54, 1.807) is 7.05 Å². The molecular formula is C15H23NO4S. The molecule has 6 heteroatoms. The van der Waals surface area contributed by atoms with Gasteiger partial charge in [-0.05, 0) is 24.1 Å². The highest BCUT2D eigenvalue weighted by molar-refractivity contribution is 7.92. The molecule has 0 aliphatic carbocycles. The summed E-state index contributed by atoms with van der Waals surface area (Å²) in [5.41, 5.74) is 2.08. The van der Waals surface area contributed by atoms with E-state index in [0.29, 0.717) is 5.92 Å². The van der Waals surface area contributed by atoms with Gasteiger partial charge in [-0.25, -0.2) is 8.42 Å². The summed E-state index contributed by atoms with van der Waals surface area (Å²) < 4.78 is 28.4. The summed E-state index contributed by atoms with van der Waals surface area (Å²) in [4.78, 5) is 11.1. The standard InChI is InChI=1S/C15H23NO4S/c1-11(2)12-5-7-13(8-6-12)14(16-3)9-21(18,19)10-15(17)20-4/h5-8,11,14,16H,9-10H2,1-4H3. The Morgan fingerprint density at radius 3 is 2.14 bits per heavy atom. The molecule has 0 aliphatic rings. The SMILES string of the molecule is CNC(CS(=O)(=O)CC(=O)OC)c1ccc(C(C)C)cc1. The molecule has 1 unspecified atom stereocenters. The quantitative estimate of drug-likeness (QED) is 0.775. The van der Waals surface area contributed by atoms with Gasteiger partial charge in [0.25, 0.3) is 0 Å². The summed E-state index contributed by atoms with van der Waals surface area (Å²) in [6.07, 6.45) is 0. The van der Waals surface area contributed by atoms with Crippen LogP contribution >= 0.6 is 0 Å². The largest absolute Gasteiger partial charge is 0.468 e. The molecule has 1 rings (SSSR count). The first-order valence-corrected chi connectivity index (χ1v) is 8.65. The Bertz CT molecular complexity index is 564. The first-order valence-electron chi connectivity index (χ1n) is 6.83. The van der Waals surface area contributed by atoms with Crippen LogP contribution in [0.3, 0.4) is 0 Å². The maximum Gasteiger partial charge on any atom is 0.320 e. The monoisotopic (exact) mass is 313 g/mol. The van der Waals surface area contributed by atoms with E-state index in [2.05, 4.69) is 23.9 Å². The predicted molar refractivity (Wildman–Crippen MR) is 83.0 cm³/mol. The minimum atomic E-state index is -3.52. The normalized spacial score (nSPS) is 13.2. The van der Waals surface area contributed by atoms with Gasteiger partial charge in [-0.15, -0.1) is 0 Å². The first-order chi connectivity index (χ1) is 9.79. The van der Waals surface area contributed by atoms with Crippen LogP contribution in [-0.2, 0) is 19.4 Å². The molecule has 0 radical (unpaired) electrons. The number of rotatable bonds is 7. The summed E-state index contributed by atoms with van der Waals surface area (Å²) in [6.45, 7) is 4.21.